The van der Waals surface area contributed by atoms with Crippen LogP contribution in [0.1, 0.15) is 18.4 Å². The summed E-state index contributed by atoms with van der Waals surface area (Å²) in [4.78, 5) is 16.4. The fourth-order valence-corrected chi connectivity index (χ4v) is 4.96. The Morgan fingerprint density at radius 3 is 2.86 bits per heavy atom. The maximum Gasteiger partial charge on any atom is 0.244 e. The maximum atomic E-state index is 11.9. The van der Waals surface area contributed by atoms with Crippen molar-refractivity contribution in [2.24, 2.45) is 11.0 Å². The number of carbonyl (C=O) groups is 1. The van der Waals surface area contributed by atoms with Gasteiger partial charge in [0.25, 0.3) is 0 Å². The lowest BCUT2D eigenvalue weighted by Gasteiger charge is -2.05. The van der Waals surface area contributed by atoms with E-state index in [1.807, 2.05) is 24.3 Å². The van der Waals surface area contributed by atoms with Gasteiger partial charge in [-0.15, -0.1) is 11.3 Å². The topological polar surface area (TPSA) is 88.5 Å². The van der Waals surface area contributed by atoms with Crippen molar-refractivity contribution in [2.45, 2.75) is 13.3 Å². The molecule has 1 aliphatic rings. The van der Waals surface area contributed by atoms with E-state index in [4.69, 9.17) is 0 Å². The number of thiazole rings is 1. The number of amides is 1. The largest absolute Gasteiger partial charge is 0.273 e. The SMILES string of the molecule is C/C(=N/NC(=O)[C@H]1CCS(=O)(=O)C1)c1nc2ccccc2s1. The molecule has 0 bridgehead atoms. The van der Waals surface area contributed by atoms with E-state index >= 15 is 0 Å². The van der Waals surface area contributed by atoms with Crippen LogP contribution in [0.4, 0.5) is 0 Å². The van der Waals surface area contributed by atoms with Crippen molar-refractivity contribution in [2.75, 3.05) is 11.5 Å². The van der Waals surface area contributed by atoms with Crippen LogP contribution in [-0.4, -0.2) is 36.5 Å². The molecule has 8 heteroatoms. The van der Waals surface area contributed by atoms with Crippen LogP contribution in [0.25, 0.3) is 10.2 Å². The number of rotatable bonds is 3. The van der Waals surface area contributed by atoms with Gasteiger partial charge in [0, 0.05) is 0 Å². The zero-order valence-corrected chi connectivity index (χ0v) is 13.6. The summed E-state index contributed by atoms with van der Waals surface area (Å²) >= 11 is 1.50. The number of fused-ring (bicyclic) bond motifs is 1. The van der Waals surface area contributed by atoms with Crippen LogP contribution in [-0.2, 0) is 14.6 Å². The third-order valence-electron chi connectivity index (χ3n) is 3.54. The highest BCUT2D eigenvalue weighted by Crippen LogP contribution is 2.22. The first-order valence-electron chi connectivity index (χ1n) is 6.85. The van der Waals surface area contributed by atoms with Gasteiger partial charge in [-0.2, -0.15) is 5.10 Å². The molecule has 2 heterocycles. The lowest BCUT2D eigenvalue weighted by atomic mass is 10.1. The molecule has 116 valence electrons. The number of hydrogen-bond acceptors (Lipinski definition) is 6. The van der Waals surface area contributed by atoms with Crippen LogP contribution in [0, 0.1) is 5.92 Å². The van der Waals surface area contributed by atoms with Crippen LogP contribution in [0.5, 0.6) is 0 Å². The molecular weight excluding hydrogens is 322 g/mol. The Balaban J connectivity index is 1.71. The average Bonchev–Trinajstić information content (AvgIpc) is 3.07. The van der Waals surface area contributed by atoms with Gasteiger partial charge in [0.1, 0.15) is 5.01 Å². The molecule has 0 saturated carbocycles. The molecule has 0 spiro atoms. The number of hydrazone groups is 1. The van der Waals surface area contributed by atoms with Gasteiger partial charge in [0.2, 0.25) is 5.91 Å². The Bertz CT molecular complexity index is 822. The van der Waals surface area contributed by atoms with E-state index in [1.54, 1.807) is 6.92 Å². The summed E-state index contributed by atoms with van der Waals surface area (Å²) < 4.78 is 23.8. The zero-order valence-electron chi connectivity index (χ0n) is 11.9. The first kappa shape index (κ1) is 15.1. The van der Waals surface area contributed by atoms with E-state index in [9.17, 15) is 13.2 Å². The van der Waals surface area contributed by atoms with Crippen molar-refractivity contribution in [1.82, 2.24) is 10.4 Å². The maximum absolute atomic E-state index is 11.9. The van der Waals surface area contributed by atoms with E-state index < -0.39 is 15.8 Å². The van der Waals surface area contributed by atoms with Crippen LogP contribution in [0.15, 0.2) is 29.4 Å². The standard InChI is InChI=1S/C14H15N3O3S2/c1-9(14-15-11-4-2-3-5-12(11)21-14)16-17-13(18)10-6-7-22(19,20)8-10/h2-5,10H,6-8H2,1H3,(H,17,18)/b16-9-/t10-/m0/s1. The van der Waals surface area contributed by atoms with Crippen molar-refractivity contribution in [3.63, 3.8) is 0 Å². The Hall–Kier alpha value is -1.80. The Labute approximate surface area is 132 Å². The summed E-state index contributed by atoms with van der Waals surface area (Å²) in [6, 6.07) is 7.76. The first-order chi connectivity index (χ1) is 10.4. The molecule has 1 aromatic heterocycles. The minimum atomic E-state index is -3.07. The molecule has 2 aromatic rings. The number of sulfone groups is 1. The third-order valence-corrected chi connectivity index (χ3v) is 6.45. The van der Waals surface area contributed by atoms with Crippen molar-refractivity contribution in [1.29, 1.82) is 0 Å². The minimum absolute atomic E-state index is 0.0751. The Morgan fingerprint density at radius 1 is 1.41 bits per heavy atom. The monoisotopic (exact) mass is 337 g/mol. The normalized spacial score (nSPS) is 21.1. The summed E-state index contributed by atoms with van der Waals surface area (Å²) in [5.41, 5.74) is 3.96. The molecule has 1 amide bonds. The van der Waals surface area contributed by atoms with E-state index in [0.29, 0.717) is 12.1 Å². The average molecular weight is 337 g/mol. The highest BCUT2D eigenvalue weighted by molar-refractivity contribution is 7.91. The lowest BCUT2D eigenvalue weighted by Crippen LogP contribution is -2.28. The van der Waals surface area contributed by atoms with E-state index in [0.717, 1.165) is 15.2 Å². The Kier molecular flexibility index (Phi) is 3.96. The van der Waals surface area contributed by atoms with Crippen molar-refractivity contribution >= 4 is 43.0 Å². The minimum Gasteiger partial charge on any atom is -0.273 e. The van der Waals surface area contributed by atoms with Gasteiger partial charge in [-0.05, 0) is 25.5 Å². The number of carbonyl (C=O) groups excluding carboxylic acids is 1. The fraction of sp³-hybridized carbons (Fsp3) is 0.357. The molecule has 1 aliphatic heterocycles. The molecule has 1 aromatic carbocycles. The lowest BCUT2D eigenvalue weighted by molar-refractivity contribution is -0.124. The molecule has 6 nitrogen and oxygen atoms in total. The zero-order chi connectivity index (χ0) is 15.7. The number of benzene rings is 1. The van der Waals surface area contributed by atoms with E-state index in [1.165, 1.54) is 11.3 Å². The summed E-state index contributed by atoms with van der Waals surface area (Å²) in [5.74, 6) is -0.862. The second-order valence-electron chi connectivity index (χ2n) is 5.26. The second kappa shape index (κ2) is 5.77. The summed E-state index contributed by atoms with van der Waals surface area (Å²) in [6.45, 7) is 1.77. The highest BCUT2D eigenvalue weighted by Gasteiger charge is 2.32. The second-order valence-corrected chi connectivity index (χ2v) is 8.52. The van der Waals surface area contributed by atoms with Crippen LogP contribution in [0.3, 0.4) is 0 Å². The summed E-state index contributed by atoms with van der Waals surface area (Å²) in [5, 5.41) is 4.79. The number of nitrogens with zero attached hydrogens (tertiary/aromatic N) is 2. The predicted molar refractivity (Wildman–Crippen MR) is 86.7 cm³/mol. The summed E-state index contributed by atoms with van der Waals surface area (Å²) in [6.07, 6.45) is 0.365. The quantitative estimate of drug-likeness (QED) is 0.680. The first-order valence-corrected chi connectivity index (χ1v) is 9.49. The van der Waals surface area contributed by atoms with Crippen LogP contribution in [0.2, 0.25) is 0 Å². The molecule has 1 N–H and O–H groups in total. The van der Waals surface area contributed by atoms with Gasteiger partial charge >= 0.3 is 0 Å². The van der Waals surface area contributed by atoms with Crippen molar-refractivity contribution < 1.29 is 13.2 Å². The van der Waals surface area contributed by atoms with Crippen LogP contribution < -0.4 is 5.43 Å². The molecular formula is C14H15N3O3S2. The molecule has 1 saturated heterocycles. The van der Waals surface area contributed by atoms with E-state index in [-0.39, 0.29) is 17.4 Å². The number of nitrogens with one attached hydrogen (secondary N) is 1. The highest BCUT2D eigenvalue weighted by atomic mass is 32.2. The molecule has 0 radical (unpaired) electrons. The smallest absolute Gasteiger partial charge is 0.244 e. The van der Waals surface area contributed by atoms with Gasteiger partial charge in [0.15, 0.2) is 9.84 Å². The van der Waals surface area contributed by atoms with Gasteiger partial charge in [-0.3, -0.25) is 4.79 Å². The van der Waals surface area contributed by atoms with Crippen molar-refractivity contribution in [3.05, 3.63) is 29.3 Å². The summed E-state index contributed by atoms with van der Waals surface area (Å²) in [7, 11) is -3.07. The van der Waals surface area contributed by atoms with Gasteiger partial charge in [-0.1, -0.05) is 12.1 Å². The molecule has 0 aliphatic carbocycles. The van der Waals surface area contributed by atoms with Crippen molar-refractivity contribution in [3.8, 4) is 0 Å². The molecule has 3 rings (SSSR count). The van der Waals surface area contributed by atoms with E-state index in [2.05, 4.69) is 15.5 Å². The van der Waals surface area contributed by atoms with Gasteiger partial charge in [-0.25, -0.2) is 18.8 Å². The fourth-order valence-electron chi connectivity index (χ4n) is 2.31. The molecule has 0 unspecified atom stereocenters. The Morgan fingerprint density at radius 2 is 2.18 bits per heavy atom. The van der Waals surface area contributed by atoms with Gasteiger partial charge in [0.05, 0.1) is 33.4 Å². The number of hydrogen-bond donors (Lipinski definition) is 1. The molecule has 22 heavy (non-hydrogen) atoms. The number of para-hydroxylation sites is 1. The molecule has 1 fully saturated rings. The number of aromatic nitrogens is 1. The van der Waals surface area contributed by atoms with Crippen LogP contribution >= 0.6 is 11.3 Å². The van der Waals surface area contributed by atoms with Gasteiger partial charge < -0.3 is 0 Å². The third kappa shape index (κ3) is 3.17. The predicted octanol–water partition coefficient (Wildman–Crippen LogP) is 1.57. The molecule has 1 atom stereocenters.